The van der Waals surface area contributed by atoms with Crippen molar-refractivity contribution >= 4 is 33.3 Å². The molecule has 2 amide bonds. The van der Waals surface area contributed by atoms with E-state index in [1.165, 1.54) is 18.2 Å². The number of unbranched alkanes of at least 4 members (excludes halogenated alkanes) is 6. The number of non-ortho nitro benzene ring substituents is 1. The van der Waals surface area contributed by atoms with Crippen molar-refractivity contribution in [2.45, 2.75) is 70.1 Å². The summed E-state index contributed by atoms with van der Waals surface area (Å²) in [6.45, 7) is 4.68. The molecule has 2 rings (SSSR count). The number of para-hydroxylation sites is 1. The zero-order valence-corrected chi connectivity index (χ0v) is 23.3. The van der Waals surface area contributed by atoms with Gasteiger partial charge in [-0.05, 0) is 31.0 Å². The molecule has 0 aliphatic heterocycles. The molecule has 218 valence electrons. The fourth-order valence-corrected chi connectivity index (χ4v) is 4.92. The average Bonchev–Trinajstić information content (AvgIpc) is 2.92. The molecule has 0 radical (unpaired) electrons. The predicted molar refractivity (Wildman–Crippen MR) is 147 cm³/mol. The number of nitrogens with one attached hydrogen (secondary N) is 2. The minimum atomic E-state index is -5.03. The van der Waals surface area contributed by atoms with Gasteiger partial charge in [0.25, 0.3) is 23.2 Å². The molecule has 0 saturated carbocycles. The number of nitro benzene ring substituents is 2. The molecule has 2 N–H and O–H groups in total. The van der Waals surface area contributed by atoms with Gasteiger partial charge in [0.15, 0.2) is 10.6 Å². The highest BCUT2D eigenvalue weighted by Gasteiger charge is 2.33. The lowest BCUT2D eigenvalue weighted by atomic mass is 10.1. The average molecular weight is 579 g/mol. The summed E-state index contributed by atoms with van der Waals surface area (Å²) in [5, 5.41) is 28.0. The molecule has 2 aromatic rings. The van der Waals surface area contributed by atoms with Gasteiger partial charge in [-0.15, -0.1) is 0 Å². The van der Waals surface area contributed by atoms with E-state index in [0.717, 1.165) is 44.6 Å². The van der Waals surface area contributed by atoms with E-state index in [1.807, 2.05) is 13.8 Å². The van der Waals surface area contributed by atoms with Crippen molar-refractivity contribution in [1.82, 2.24) is 10.6 Å². The van der Waals surface area contributed by atoms with E-state index in [1.54, 1.807) is 0 Å². The van der Waals surface area contributed by atoms with Crippen molar-refractivity contribution in [1.29, 1.82) is 0 Å². The lowest BCUT2D eigenvalue weighted by Crippen LogP contribution is -2.29. The highest BCUT2D eigenvalue weighted by atomic mass is 32.2. The van der Waals surface area contributed by atoms with Crippen LogP contribution in [0.5, 0.6) is 5.75 Å². The van der Waals surface area contributed by atoms with Crippen LogP contribution in [0.15, 0.2) is 41.3 Å². The molecule has 13 nitrogen and oxygen atoms in total. The lowest BCUT2D eigenvalue weighted by molar-refractivity contribution is -0.396. The molecule has 0 spiro atoms. The zero-order chi connectivity index (χ0) is 29.7. The van der Waals surface area contributed by atoms with E-state index in [2.05, 4.69) is 10.6 Å². The summed E-state index contributed by atoms with van der Waals surface area (Å²) in [6.07, 6.45) is 7.05. The third kappa shape index (κ3) is 9.00. The molecule has 0 saturated heterocycles. The second kappa shape index (κ2) is 15.5. The summed E-state index contributed by atoms with van der Waals surface area (Å²) < 4.78 is 31.8. The van der Waals surface area contributed by atoms with Crippen LogP contribution in [0.2, 0.25) is 0 Å². The molecule has 0 unspecified atom stereocenters. The van der Waals surface area contributed by atoms with Crippen molar-refractivity contribution in [2.75, 3.05) is 13.1 Å². The molecule has 0 aliphatic rings. The van der Waals surface area contributed by atoms with Crippen molar-refractivity contribution < 1.29 is 32.0 Å². The minimum absolute atomic E-state index is 0.262. The Bertz CT molecular complexity index is 1290. The Morgan fingerprint density at radius 3 is 1.77 bits per heavy atom. The Morgan fingerprint density at radius 1 is 0.800 bits per heavy atom. The SMILES string of the molecule is CCCCCCNC(=O)c1cccc(C(=O)NCCCCCC)c1OS(=O)(=O)c1ccc([N+](=O)[O-])cc1[N+](=O)[O-]. The summed E-state index contributed by atoms with van der Waals surface area (Å²) in [4.78, 5) is 45.7. The van der Waals surface area contributed by atoms with Crippen LogP contribution in [0.3, 0.4) is 0 Å². The van der Waals surface area contributed by atoms with Crippen LogP contribution in [0, 0.1) is 20.2 Å². The number of hydrogen-bond acceptors (Lipinski definition) is 9. The van der Waals surface area contributed by atoms with Crippen LogP contribution in [0.4, 0.5) is 11.4 Å². The van der Waals surface area contributed by atoms with Crippen LogP contribution >= 0.6 is 0 Å². The van der Waals surface area contributed by atoms with Crippen molar-refractivity contribution in [3.05, 3.63) is 67.8 Å². The third-order valence-corrected chi connectivity index (χ3v) is 7.22. The highest BCUT2D eigenvalue weighted by molar-refractivity contribution is 7.87. The summed E-state index contributed by atoms with van der Waals surface area (Å²) >= 11 is 0. The van der Waals surface area contributed by atoms with Crippen LogP contribution in [-0.4, -0.2) is 43.2 Å². The molecular formula is C26H34N4O9S. The first-order chi connectivity index (χ1) is 19.0. The maximum absolute atomic E-state index is 13.3. The molecule has 0 aromatic heterocycles. The molecule has 2 aromatic carbocycles. The third-order valence-electron chi connectivity index (χ3n) is 5.95. The van der Waals surface area contributed by atoms with Gasteiger partial charge in [0, 0.05) is 19.2 Å². The number of rotatable bonds is 17. The van der Waals surface area contributed by atoms with Crippen molar-refractivity contribution in [3.8, 4) is 5.75 Å². The maximum Gasteiger partial charge on any atom is 0.346 e. The zero-order valence-electron chi connectivity index (χ0n) is 22.5. The van der Waals surface area contributed by atoms with Gasteiger partial charge >= 0.3 is 10.1 Å². The van der Waals surface area contributed by atoms with Crippen LogP contribution in [0.25, 0.3) is 0 Å². The maximum atomic E-state index is 13.3. The summed E-state index contributed by atoms with van der Waals surface area (Å²) in [6, 6.07) is 5.89. The summed E-state index contributed by atoms with van der Waals surface area (Å²) in [7, 11) is -5.03. The monoisotopic (exact) mass is 578 g/mol. The largest absolute Gasteiger partial charge is 0.377 e. The number of hydrogen-bond donors (Lipinski definition) is 2. The van der Waals surface area contributed by atoms with E-state index in [-0.39, 0.29) is 11.1 Å². The first-order valence-electron chi connectivity index (χ1n) is 13.1. The Hall–Kier alpha value is -4.07. The lowest BCUT2D eigenvalue weighted by Gasteiger charge is -2.16. The first-order valence-corrected chi connectivity index (χ1v) is 14.5. The highest BCUT2D eigenvalue weighted by Crippen LogP contribution is 2.33. The summed E-state index contributed by atoms with van der Waals surface area (Å²) in [5.41, 5.74) is -2.31. The molecule has 40 heavy (non-hydrogen) atoms. The van der Waals surface area contributed by atoms with Gasteiger partial charge in [0.2, 0.25) is 0 Å². The Morgan fingerprint density at radius 2 is 1.32 bits per heavy atom. The Balaban J connectivity index is 2.49. The summed E-state index contributed by atoms with van der Waals surface area (Å²) in [5.74, 6) is -2.00. The fraction of sp³-hybridized carbons (Fsp3) is 0.462. The molecule has 0 bridgehead atoms. The first kappa shape index (κ1) is 32.1. The van der Waals surface area contributed by atoms with Gasteiger partial charge < -0.3 is 14.8 Å². The molecule has 0 fully saturated rings. The van der Waals surface area contributed by atoms with Gasteiger partial charge in [-0.3, -0.25) is 29.8 Å². The Labute approximate surface area is 232 Å². The normalized spacial score (nSPS) is 11.1. The topological polar surface area (TPSA) is 188 Å². The van der Waals surface area contributed by atoms with E-state index in [4.69, 9.17) is 4.18 Å². The van der Waals surface area contributed by atoms with Crippen LogP contribution in [0.1, 0.15) is 85.9 Å². The number of amides is 2. The second-order valence-electron chi connectivity index (χ2n) is 9.02. The Kier molecular flexibility index (Phi) is 12.5. The number of benzene rings is 2. The quantitative estimate of drug-likeness (QED) is 0.114. The minimum Gasteiger partial charge on any atom is -0.377 e. The molecular weight excluding hydrogens is 544 g/mol. The standard InChI is InChI=1S/C26H34N4O9S/c1-3-5-7-9-16-27-25(31)20-12-11-13-21(26(32)28-17-10-8-6-4-2)24(20)39-40(37,38)23-15-14-19(29(33)34)18-22(23)30(35)36/h11-15,18H,3-10,16-17H2,1-2H3,(H,27,31)(H,28,32). The molecule has 0 atom stereocenters. The van der Waals surface area contributed by atoms with Gasteiger partial charge in [0.05, 0.1) is 27.0 Å². The number of carbonyl (C=O) groups excluding carboxylic acids is 2. The van der Waals surface area contributed by atoms with Crippen molar-refractivity contribution in [3.63, 3.8) is 0 Å². The number of carbonyl (C=O) groups is 2. The van der Waals surface area contributed by atoms with Crippen LogP contribution in [-0.2, 0) is 10.1 Å². The number of nitrogens with zero attached hydrogens (tertiary/aromatic N) is 2. The smallest absolute Gasteiger partial charge is 0.346 e. The molecule has 0 aliphatic carbocycles. The van der Waals surface area contributed by atoms with E-state index < -0.39 is 53.8 Å². The number of nitro groups is 2. The van der Waals surface area contributed by atoms with E-state index in [0.29, 0.717) is 38.1 Å². The van der Waals surface area contributed by atoms with Gasteiger partial charge in [0.1, 0.15) is 0 Å². The predicted octanol–water partition coefficient (Wildman–Crippen LogP) is 4.89. The van der Waals surface area contributed by atoms with Crippen LogP contribution < -0.4 is 14.8 Å². The second-order valence-corrected chi connectivity index (χ2v) is 10.5. The fourth-order valence-electron chi connectivity index (χ4n) is 3.81. The molecule has 14 heteroatoms. The van der Waals surface area contributed by atoms with Gasteiger partial charge in [-0.1, -0.05) is 58.4 Å². The van der Waals surface area contributed by atoms with Crippen molar-refractivity contribution in [2.24, 2.45) is 0 Å². The van der Waals surface area contributed by atoms with E-state index in [9.17, 15) is 38.2 Å². The van der Waals surface area contributed by atoms with Gasteiger partial charge in [-0.2, -0.15) is 8.42 Å². The molecule has 0 heterocycles. The van der Waals surface area contributed by atoms with Gasteiger partial charge in [-0.25, -0.2) is 0 Å². The van der Waals surface area contributed by atoms with E-state index >= 15 is 0 Å².